The number of hydrogen-bond donors (Lipinski definition) is 1. The van der Waals surface area contributed by atoms with Crippen LogP contribution in [0.5, 0.6) is 0 Å². The molecular formula is C20H24N4O3S2. The van der Waals surface area contributed by atoms with Crippen molar-refractivity contribution in [3.63, 3.8) is 0 Å². The van der Waals surface area contributed by atoms with Gasteiger partial charge >= 0.3 is 0 Å². The number of amides is 1. The number of benzene rings is 1. The monoisotopic (exact) mass is 432 g/mol. The smallest absolute Gasteiger partial charge is 0.225 e. The molecule has 7 nitrogen and oxygen atoms in total. The van der Waals surface area contributed by atoms with E-state index in [-0.39, 0.29) is 23.5 Å². The highest BCUT2D eigenvalue weighted by Gasteiger charge is 2.31. The van der Waals surface area contributed by atoms with Gasteiger partial charge in [-0.05, 0) is 44.7 Å². The number of nitrogens with zero attached hydrogens (tertiary/aromatic N) is 3. The molecule has 0 radical (unpaired) electrons. The number of fused-ring (bicyclic) bond motifs is 1. The molecule has 154 valence electrons. The Labute approximate surface area is 174 Å². The third-order valence-corrected chi connectivity index (χ3v) is 7.91. The van der Waals surface area contributed by atoms with Crippen LogP contribution in [0.4, 0.5) is 5.82 Å². The van der Waals surface area contributed by atoms with Crippen LogP contribution in [0.3, 0.4) is 0 Å². The van der Waals surface area contributed by atoms with E-state index in [1.165, 1.54) is 4.70 Å². The standard InChI is InChI=1S/C20H24N4O3S2/c1-14-12-18(24(23-14)15-10-11-29(26,27)13-15)22-19(25)8-4-5-9-20-21-16-6-2-3-7-17(16)28-20/h2-3,6-7,12,15H,4-5,8-11,13H2,1H3,(H,22,25). The number of nitrogens with one attached hydrogen (secondary N) is 1. The molecule has 0 spiro atoms. The lowest BCUT2D eigenvalue weighted by atomic mass is 10.2. The molecule has 3 aromatic rings. The minimum absolute atomic E-state index is 0.0729. The van der Waals surface area contributed by atoms with Crippen LogP contribution >= 0.6 is 11.3 Å². The molecule has 1 aliphatic rings. The molecule has 0 saturated carbocycles. The molecule has 1 aromatic carbocycles. The number of carbonyl (C=O) groups excluding carboxylic acids is 1. The van der Waals surface area contributed by atoms with Gasteiger partial charge in [-0.3, -0.25) is 4.79 Å². The van der Waals surface area contributed by atoms with Crippen molar-refractivity contribution in [2.75, 3.05) is 16.8 Å². The number of aryl methyl sites for hydroxylation is 2. The zero-order valence-electron chi connectivity index (χ0n) is 16.3. The van der Waals surface area contributed by atoms with Gasteiger partial charge in [0.2, 0.25) is 5.91 Å². The minimum atomic E-state index is -3.01. The highest BCUT2D eigenvalue weighted by molar-refractivity contribution is 7.91. The SMILES string of the molecule is Cc1cc(NC(=O)CCCCc2nc3ccccc3s2)n(C2CCS(=O)(=O)C2)n1. The lowest BCUT2D eigenvalue weighted by Crippen LogP contribution is -2.19. The van der Waals surface area contributed by atoms with E-state index in [4.69, 9.17) is 0 Å². The molecule has 1 aliphatic heterocycles. The quantitative estimate of drug-likeness (QED) is 0.577. The third-order valence-electron chi connectivity index (χ3n) is 5.06. The molecule has 1 atom stereocenters. The predicted octanol–water partition coefficient (Wildman–Crippen LogP) is 3.51. The van der Waals surface area contributed by atoms with E-state index in [0.717, 1.165) is 35.5 Å². The fourth-order valence-electron chi connectivity index (χ4n) is 3.65. The Morgan fingerprint density at radius 1 is 1.31 bits per heavy atom. The van der Waals surface area contributed by atoms with Gasteiger partial charge in [-0.15, -0.1) is 11.3 Å². The van der Waals surface area contributed by atoms with E-state index in [0.29, 0.717) is 18.7 Å². The second kappa shape index (κ2) is 8.23. The summed E-state index contributed by atoms with van der Waals surface area (Å²) in [5.41, 5.74) is 1.79. The van der Waals surface area contributed by atoms with Crippen LogP contribution in [0.15, 0.2) is 30.3 Å². The van der Waals surface area contributed by atoms with Crippen molar-refractivity contribution in [1.29, 1.82) is 0 Å². The molecule has 1 fully saturated rings. The number of sulfone groups is 1. The number of unbranched alkanes of at least 4 members (excludes halogenated alkanes) is 1. The van der Waals surface area contributed by atoms with Crippen molar-refractivity contribution < 1.29 is 13.2 Å². The Hall–Kier alpha value is -2.26. The number of para-hydroxylation sites is 1. The lowest BCUT2D eigenvalue weighted by Gasteiger charge is -2.13. The van der Waals surface area contributed by atoms with E-state index >= 15 is 0 Å². The normalized spacial score (nSPS) is 18.3. The summed E-state index contributed by atoms with van der Waals surface area (Å²) in [6, 6.07) is 9.69. The van der Waals surface area contributed by atoms with Gasteiger partial charge in [0.15, 0.2) is 9.84 Å². The van der Waals surface area contributed by atoms with Crippen molar-refractivity contribution >= 4 is 43.1 Å². The van der Waals surface area contributed by atoms with Crippen molar-refractivity contribution in [1.82, 2.24) is 14.8 Å². The number of aromatic nitrogens is 3. The number of hydrogen-bond acceptors (Lipinski definition) is 6. The van der Waals surface area contributed by atoms with E-state index in [9.17, 15) is 13.2 Å². The Kier molecular flexibility index (Phi) is 5.69. The molecule has 2 aromatic heterocycles. The molecule has 4 rings (SSSR count). The maximum absolute atomic E-state index is 12.4. The van der Waals surface area contributed by atoms with Gasteiger partial charge in [0.25, 0.3) is 0 Å². The van der Waals surface area contributed by atoms with Crippen molar-refractivity contribution in [2.24, 2.45) is 0 Å². The first-order valence-corrected chi connectivity index (χ1v) is 12.4. The fourth-order valence-corrected chi connectivity index (χ4v) is 6.35. The highest BCUT2D eigenvalue weighted by atomic mass is 32.2. The van der Waals surface area contributed by atoms with Crippen LogP contribution < -0.4 is 5.32 Å². The maximum Gasteiger partial charge on any atom is 0.225 e. The maximum atomic E-state index is 12.4. The zero-order chi connectivity index (χ0) is 20.4. The van der Waals surface area contributed by atoms with Gasteiger partial charge in [-0.2, -0.15) is 5.10 Å². The molecule has 0 bridgehead atoms. The van der Waals surface area contributed by atoms with Gasteiger partial charge in [0.1, 0.15) is 5.82 Å². The van der Waals surface area contributed by atoms with Crippen LogP contribution in [-0.2, 0) is 21.1 Å². The number of anilines is 1. The van der Waals surface area contributed by atoms with Gasteiger partial charge in [0, 0.05) is 12.5 Å². The first-order chi connectivity index (χ1) is 13.9. The van der Waals surface area contributed by atoms with E-state index in [1.807, 2.05) is 25.1 Å². The highest BCUT2D eigenvalue weighted by Crippen LogP contribution is 2.27. The summed E-state index contributed by atoms with van der Waals surface area (Å²) in [6.45, 7) is 1.84. The van der Waals surface area contributed by atoms with E-state index < -0.39 is 9.84 Å². The van der Waals surface area contributed by atoms with Gasteiger partial charge in [-0.25, -0.2) is 18.1 Å². The van der Waals surface area contributed by atoms with Gasteiger partial charge in [-0.1, -0.05) is 12.1 Å². The van der Waals surface area contributed by atoms with Crippen LogP contribution in [0.1, 0.15) is 42.4 Å². The van der Waals surface area contributed by atoms with Crippen LogP contribution in [0, 0.1) is 6.92 Å². The Balaban J connectivity index is 1.29. The summed E-state index contributed by atoms with van der Waals surface area (Å²) in [4.78, 5) is 17.0. The fraction of sp³-hybridized carbons (Fsp3) is 0.450. The molecule has 1 amide bonds. The summed E-state index contributed by atoms with van der Waals surface area (Å²) >= 11 is 1.70. The van der Waals surface area contributed by atoms with Crippen LogP contribution in [0.25, 0.3) is 10.2 Å². The Bertz CT molecular complexity index is 1100. The molecule has 29 heavy (non-hydrogen) atoms. The Morgan fingerprint density at radius 2 is 2.14 bits per heavy atom. The largest absolute Gasteiger partial charge is 0.311 e. The Morgan fingerprint density at radius 3 is 2.90 bits per heavy atom. The summed E-state index contributed by atoms with van der Waals surface area (Å²) in [6.07, 6.45) is 3.48. The van der Waals surface area contributed by atoms with Crippen LogP contribution in [0.2, 0.25) is 0 Å². The topological polar surface area (TPSA) is 94.0 Å². The predicted molar refractivity (Wildman–Crippen MR) is 115 cm³/mol. The third kappa shape index (κ3) is 4.84. The summed E-state index contributed by atoms with van der Waals surface area (Å²) in [5, 5.41) is 8.41. The molecule has 1 unspecified atom stereocenters. The van der Waals surface area contributed by atoms with Gasteiger partial charge in [0.05, 0.1) is 38.5 Å². The first kappa shape index (κ1) is 20.0. The van der Waals surface area contributed by atoms with Crippen LogP contribution in [-0.4, -0.2) is 40.6 Å². The van der Waals surface area contributed by atoms with E-state index in [1.54, 1.807) is 22.1 Å². The number of rotatable bonds is 7. The summed E-state index contributed by atoms with van der Waals surface area (Å²) in [7, 11) is -3.01. The second-order valence-corrected chi connectivity index (χ2v) is 10.8. The average Bonchev–Trinajstić information content (AvgIpc) is 3.34. The van der Waals surface area contributed by atoms with Crippen molar-refractivity contribution in [3.05, 3.63) is 41.0 Å². The number of carbonyl (C=O) groups is 1. The van der Waals surface area contributed by atoms with Crippen molar-refractivity contribution in [2.45, 2.75) is 45.1 Å². The summed E-state index contributed by atoms with van der Waals surface area (Å²) in [5.74, 6) is 0.770. The molecular weight excluding hydrogens is 408 g/mol. The molecule has 9 heteroatoms. The van der Waals surface area contributed by atoms with E-state index in [2.05, 4.69) is 21.5 Å². The molecule has 1 N–H and O–H groups in total. The minimum Gasteiger partial charge on any atom is -0.311 e. The zero-order valence-corrected chi connectivity index (χ0v) is 17.9. The summed E-state index contributed by atoms with van der Waals surface area (Å²) < 4.78 is 26.4. The lowest BCUT2D eigenvalue weighted by molar-refractivity contribution is -0.116. The molecule has 1 saturated heterocycles. The molecule has 0 aliphatic carbocycles. The average molecular weight is 433 g/mol. The second-order valence-electron chi connectivity index (χ2n) is 7.50. The first-order valence-electron chi connectivity index (χ1n) is 9.80. The molecule has 3 heterocycles. The van der Waals surface area contributed by atoms with Crippen molar-refractivity contribution in [3.8, 4) is 0 Å². The van der Waals surface area contributed by atoms with Gasteiger partial charge < -0.3 is 5.32 Å². The number of thiazole rings is 1.